The molecule has 2 aliphatic carbocycles. The maximum Gasteiger partial charge on any atom is 0.325 e. The van der Waals surface area contributed by atoms with E-state index in [1.165, 1.54) is 12.8 Å². The summed E-state index contributed by atoms with van der Waals surface area (Å²) in [6.07, 6.45) is 11.8. The van der Waals surface area contributed by atoms with Gasteiger partial charge in [0, 0.05) is 92.4 Å². The van der Waals surface area contributed by atoms with Crippen molar-refractivity contribution in [3.63, 3.8) is 0 Å². The number of oxazole rings is 1. The summed E-state index contributed by atoms with van der Waals surface area (Å²) in [5, 5.41) is 2.67. The molecule has 6 aliphatic heterocycles. The average Bonchev–Trinajstić information content (AvgIpc) is 3.68. The fourth-order valence-electron chi connectivity index (χ4n) is 12.3. The Hall–Kier alpha value is -4.42. The van der Waals surface area contributed by atoms with Gasteiger partial charge < -0.3 is 38.6 Å². The largest absolute Gasteiger partial charge is 0.464 e. The van der Waals surface area contributed by atoms with E-state index in [-0.39, 0.29) is 48.3 Å². The molecule has 16 nitrogen and oxygen atoms in total. The van der Waals surface area contributed by atoms with Crippen LogP contribution in [-0.2, 0) is 41.5 Å². The van der Waals surface area contributed by atoms with Gasteiger partial charge in [0.25, 0.3) is 5.91 Å². The van der Waals surface area contributed by atoms with Crippen molar-refractivity contribution in [1.82, 2.24) is 34.8 Å². The number of rotatable bonds is 10. The minimum Gasteiger partial charge on any atom is -0.464 e. The molecular weight excluding hydrogens is 875 g/mol. The molecule has 9 heterocycles. The number of fused-ring (bicyclic) bond motifs is 4. The number of pyridine rings is 1. The third-order valence-corrected chi connectivity index (χ3v) is 16.4. The smallest absolute Gasteiger partial charge is 0.325 e. The van der Waals surface area contributed by atoms with E-state index in [0.717, 1.165) is 129 Å². The Labute approximate surface area is 406 Å². The number of likely N-dealkylation sites (tertiary alicyclic amines) is 1. The minimum atomic E-state index is -0.935. The number of hydrogen-bond acceptors (Lipinski definition) is 14. The molecule has 2 saturated carbocycles. The van der Waals surface area contributed by atoms with Crippen LogP contribution in [0.25, 0.3) is 33.6 Å². The number of methoxy groups -OCH3 is 1. The predicted molar refractivity (Wildman–Crippen MR) is 262 cm³/mol. The number of amides is 1. The summed E-state index contributed by atoms with van der Waals surface area (Å²) < 4.78 is 34.1. The van der Waals surface area contributed by atoms with Crippen molar-refractivity contribution in [2.24, 2.45) is 17.1 Å². The molecular formula is C53H73N9O7. The van der Waals surface area contributed by atoms with Crippen molar-refractivity contribution in [2.45, 2.75) is 147 Å². The van der Waals surface area contributed by atoms with Crippen LogP contribution >= 0.6 is 0 Å². The molecule has 5 saturated heterocycles. The highest BCUT2D eigenvalue weighted by Crippen LogP contribution is 2.45. The van der Waals surface area contributed by atoms with E-state index < -0.39 is 23.5 Å². The first-order valence-corrected chi connectivity index (χ1v) is 25.9. The minimum absolute atomic E-state index is 0.0284. The van der Waals surface area contributed by atoms with E-state index in [4.69, 9.17) is 39.1 Å². The van der Waals surface area contributed by atoms with E-state index in [1.807, 2.05) is 6.20 Å². The first-order valence-electron chi connectivity index (χ1n) is 25.9. The van der Waals surface area contributed by atoms with Crippen LogP contribution in [0.5, 0.6) is 0 Å². The summed E-state index contributed by atoms with van der Waals surface area (Å²) in [5.41, 5.74) is 17.2. The summed E-state index contributed by atoms with van der Waals surface area (Å²) in [6.45, 7) is 18.2. The quantitative estimate of drug-likeness (QED) is 0.168. The summed E-state index contributed by atoms with van der Waals surface area (Å²) >= 11 is 0. The molecule has 0 radical (unpaired) electrons. The van der Waals surface area contributed by atoms with Crippen LogP contribution in [0.1, 0.15) is 115 Å². The zero-order valence-electron chi connectivity index (χ0n) is 41.6. The Morgan fingerprint density at radius 2 is 1.75 bits per heavy atom. The van der Waals surface area contributed by atoms with Crippen molar-refractivity contribution in [1.29, 1.82) is 0 Å². The number of aromatic nitrogens is 3. The fraction of sp³-hybridized carbons (Fsp3) is 0.660. The molecule has 7 fully saturated rings. The lowest BCUT2D eigenvalue weighted by Gasteiger charge is -2.53. The van der Waals surface area contributed by atoms with Gasteiger partial charge in [-0.25, -0.2) is 10.4 Å². The predicted octanol–water partition coefficient (Wildman–Crippen LogP) is 6.41. The first kappa shape index (κ1) is 46.9. The van der Waals surface area contributed by atoms with Gasteiger partial charge in [0.05, 0.1) is 66.0 Å². The number of hydrazine groups is 1. The van der Waals surface area contributed by atoms with Crippen molar-refractivity contribution in [2.75, 3.05) is 71.1 Å². The molecule has 8 bridgehead atoms. The number of anilines is 1. The number of nitrogens with two attached hydrogens (primary N) is 1. The Balaban J connectivity index is 1.06. The van der Waals surface area contributed by atoms with E-state index in [0.29, 0.717) is 37.8 Å². The fourth-order valence-corrected chi connectivity index (χ4v) is 12.3. The van der Waals surface area contributed by atoms with Gasteiger partial charge in [-0.15, -0.1) is 0 Å². The number of ether oxygens (including phenoxy) is 4. The Morgan fingerprint density at radius 3 is 2.49 bits per heavy atom. The SMILES string of the molecule is CO[C@@H](C)c1ncc(N2CCN(C3CC3)CC2)cc1-c1c2c3cc(ccc3n1CCO[C@H]1CCOC(C)(C)C1)-c1nc(co1)[C@@H](N1CCCC1)[C@H](N)C(=O)N1N[C@H](C(=O)OCC(C)(C)C2)C2CC1C2. The van der Waals surface area contributed by atoms with Crippen molar-refractivity contribution in [3.05, 3.63) is 53.7 Å². The Morgan fingerprint density at radius 1 is 0.971 bits per heavy atom. The third-order valence-electron chi connectivity index (χ3n) is 16.4. The highest BCUT2D eigenvalue weighted by atomic mass is 16.5. The van der Waals surface area contributed by atoms with E-state index in [1.54, 1.807) is 18.4 Å². The lowest BCUT2D eigenvalue weighted by atomic mass is 9.73. The maximum absolute atomic E-state index is 14.5. The molecule has 16 heteroatoms. The average molecular weight is 948 g/mol. The number of nitrogens with zero attached hydrogens (tertiary/aromatic N) is 7. The van der Waals surface area contributed by atoms with Gasteiger partial charge >= 0.3 is 5.97 Å². The van der Waals surface area contributed by atoms with Crippen molar-refractivity contribution in [3.8, 4) is 22.7 Å². The van der Waals surface area contributed by atoms with E-state index >= 15 is 0 Å². The monoisotopic (exact) mass is 948 g/mol. The topological polar surface area (TPSA) is 166 Å². The molecule has 5 atom stereocenters. The van der Waals surface area contributed by atoms with Crippen LogP contribution in [0.4, 0.5) is 5.69 Å². The van der Waals surface area contributed by atoms with Crippen molar-refractivity contribution >= 4 is 28.5 Å². The van der Waals surface area contributed by atoms with Gasteiger partial charge in [0.1, 0.15) is 18.3 Å². The van der Waals surface area contributed by atoms with Gasteiger partial charge in [-0.3, -0.25) is 29.4 Å². The molecule has 8 aliphatic rings. The van der Waals surface area contributed by atoms with Gasteiger partial charge in [0.15, 0.2) is 0 Å². The number of carbonyl (C=O) groups excluding carboxylic acids is 2. The van der Waals surface area contributed by atoms with Crippen LogP contribution in [0.3, 0.4) is 0 Å². The number of piperazine rings is 1. The number of carbonyl (C=O) groups is 2. The van der Waals surface area contributed by atoms with Crippen LogP contribution < -0.4 is 16.1 Å². The Kier molecular flexibility index (Phi) is 12.7. The molecule has 69 heavy (non-hydrogen) atoms. The van der Waals surface area contributed by atoms with Gasteiger partial charge in [-0.05, 0) is 121 Å². The molecule has 3 N–H and O–H groups in total. The van der Waals surface area contributed by atoms with E-state index in [9.17, 15) is 9.59 Å². The normalized spacial score (nSPS) is 29.2. The molecule has 0 unspecified atom stereocenters. The number of cyclic esters (lactones) is 1. The number of hydrogen-bond donors (Lipinski definition) is 2. The molecule has 0 spiro atoms. The van der Waals surface area contributed by atoms with Gasteiger partial charge in [-0.2, -0.15) is 0 Å². The maximum atomic E-state index is 14.5. The van der Waals surface area contributed by atoms with E-state index in [2.05, 4.69) is 83.6 Å². The molecule has 3 aromatic heterocycles. The van der Waals surface area contributed by atoms with Crippen LogP contribution in [0.15, 0.2) is 41.1 Å². The highest BCUT2D eigenvalue weighted by molar-refractivity contribution is 5.95. The standard InChI is InChI=1S/C53H73N9O7/c1-32(65-6)45-40(26-37(29-55-45)59-18-16-58(17-19-59)35-10-11-35)47-41-28-52(2,3)31-68-51(64)46-34-23-36(24-34)62(57-46)50(63)44(54)48(60-14-7-8-15-60)42-30-67-49(56-42)33-9-12-43(39(41)25-33)61(47)20-22-66-38-13-21-69-53(4,5)27-38/h9,12,25-26,29-30,32,34-36,38,44,46,48,57H,7-8,10-11,13-24,27-28,31,54H2,1-6H3/t32-,34?,36?,38-,44-,46-,48+/m0/s1. The summed E-state index contributed by atoms with van der Waals surface area (Å²) in [5.74, 6) is -0.0377. The van der Waals surface area contributed by atoms with Gasteiger partial charge in [-0.1, -0.05) is 13.8 Å². The molecule has 4 aromatic rings. The van der Waals surface area contributed by atoms with Gasteiger partial charge in [0.2, 0.25) is 5.89 Å². The number of benzene rings is 1. The van der Waals surface area contributed by atoms with Crippen LogP contribution in [0.2, 0.25) is 0 Å². The number of nitrogens with one attached hydrogen (secondary N) is 1. The highest BCUT2D eigenvalue weighted by Gasteiger charge is 2.52. The second kappa shape index (κ2) is 18.6. The second-order valence-corrected chi connectivity index (χ2v) is 22.5. The van der Waals surface area contributed by atoms with Crippen molar-refractivity contribution < 1.29 is 33.0 Å². The molecule has 372 valence electrons. The summed E-state index contributed by atoms with van der Waals surface area (Å²) in [7, 11) is 1.75. The second-order valence-electron chi connectivity index (χ2n) is 22.5. The molecule has 12 rings (SSSR count). The lowest BCUT2D eigenvalue weighted by molar-refractivity contribution is -0.171. The summed E-state index contributed by atoms with van der Waals surface area (Å²) in [6, 6.07) is 7.42. The zero-order chi connectivity index (χ0) is 47.8. The van der Waals surface area contributed by atoms with Crippen LogP contribution in [0, 0.1) is 11.3 Å². The van der Waals surface area contributed by atoms with Crippen LogP contribution in [-0.4, -0.2) is 143 Å². The Bertz CT molecular complexity index is 2530. The lowest BCUT2D eigenvalue weighted by Crippen LogP contribution is -2.71. The molecule has 1 aromatic carbocycles. The molecule has 1 amide bonds. The zero-order valence-corrected chi connectivity index (χ0v) is 41.6. The summed E-state index contributed by atoms with van der Waals surface area (Å²) in [4.78, 5) is 46.6. The first-order chi connectivity index (χ1) is 33.2. The number of esters is 1. The third kappa shape index (κ3) is 9.23.